The molecule has 4 atom stereocenters. The van der Waals surface area contributed by atoms with Crippen molar-refractivity contribution in [3.63, 3.8) is 0 Å². The van der Waals surface area contributed by atoms with Crippen LogP contribution in [-0.4, -0.2) is 111 Å². The lowest BCUT2D eigenvalue weighted by Gasteiger charge is -2.38. The van der Waals surface area contributed by atoms with E-state index in [4.69, 9.17) is 10.5 Å². The number of esters is 1. The molecule has 17 heteroatoms. The van der Waals surface area contributed by atoms with Gasteiger partial charge in [0.15, 0.2) is 5.82 Å². The summed E-state index contributed by atoms with van der Waals surface area (Å²) in [6.45, 7) is 12.6. The van der Waals surface area contributed by atoms with Gasteiger partial charge in [0.1, 0.15) is 29.8 Å². The number of nitrogens with one attached hydrogen (secondary N) is 2. The molecule has 4 aromatic rings. The summed E-state index contributed by atoms with van der Waals surface area (Å²) in [6.07, 6.45) is -0.576. The van der Waals surface area contributed by atoms with E-state index in [-0.39, 0.29) is 60.2 Å². The van der Waals surface area contributed by atoms with Gasteiger partial charge in [-0.2, -0.15) is 0 Å². The van der Waals surface area contributed by atoms with Crippen molar-refractivity contribution in [3.05, 3.63) is 71.1 Å². The molecule has 3 amide bonds. The molecule has 0 aliphatic carbocycles. The minimum absolute atomic E-state index is 0.00568. The lowest BCUT2D eigenvalue weighted by molar-refractivity contribution is -0.147. The Balaban J connectivity index is 1.09. The van der Waals surface area contributed by atoms with E-state index in [0.717, 1.165) is 27.8 Å². The van der Waals surface area contributed by atoms with Gasteiger partial charge in [-0.15, -0.1) is 21.5 Å². The molecule has 2 fully saturated rings. The zero-order valence-corrected chi connectivity index (χ0v) is 34.3. The van der Waals surface area contributed by atoms with E-state index in [0.29, 0.717) is 31.9 Å². The van der Waals surface area contributed by atoms with Gasteiger partial charge in [-0.25, -0.2) is 9.37 Å². The zero-order chi connectivity index (χ0) is 41.9. The SMILES string of the molecule is CC(=O)O[C@@H]1C[C@@H](C(=O)N[C@@H](C)c2ccc(-c3scnc3C)cc2)N(C(=O)[C@@H](NC(=O)CN2CCN(c3cc(-c4cc(F)ccc4O)nnc3N)CC2)C(C)(C)C)C1. The second-order valence-corrected chi connectivity index (χ2v) is 16.7. The van der Waals surface area contributed by atoms with E-state index in [1.165, 1.54) is 24.0 Å². The fourth-order valence-corrected chi connectivity index (χ4v) is 8.18. The summed E-state index contributed by atoms with van der Waals surface area (Å²) in [5.41, 5.74) is 11.1. The summed E-state index contributed by atoms with van der Waals surface area (Å²) in [5, 5.41) is 24.4. The maximum Gasteiger partial charge on any atom is 0.302 e. The average molecular weight is 816 g/mol. The standard InChI is InChI=1S/C41H50FN9O6S/c1-23(26-7-9-27(10-8-26)36-24(2)44-22-58-36)45-39(55)33-18-29(57-25(3)52)20-51(33)40(56)37(41(4,5)6)46-35(54)21-49-13-15-50(16-14-49)32-19-31(47-48-38(32)43)30-17-28(42)11-12-34(30)53/h7-12,17,19,22-23,29,33,37,53H,13-16,18,20-21H2,1-6H3,(H2,43,48)(H,45,55)(H,46,54)/t23-,29+,33-,37+/m0/s1. The van der Waals surface area contributed by atoms with E-state index >= 15 is 0 Å². The summed E-state index contributed by atoms with van der Waals surface area (Å²) in [7, 11) is 0. The Kier molecular flexibility index (Phi) is 12.6. The Morgan fingerprint density at radius 1 is 1.03 bits per heavy atom. The normalized spacial score (nSPS) is 18.4. The van der Waals surface area contributed by atoms with Crippen LogP contribution in [-0.2, 0) is 23.9 Å². The number of nitrogen functional groups attached to an aromatic ring is 1. The highest BCUT2D eigenvalue weighted by Gasteiger charge is 2.46. The number of carbonyl (C=O) groups excluding carboxylic acids is 4. The topological polar surface area (TPSA) is 196 Å². The van der Waals surface area contributed by atoms with Crippen LogP contribution >= 0.6 is 11.3 Å². The number of nitrogens with zero attached hydrogens (tertiary/aromatic N) is 6. The highest BCUT2D eigenvalue weighted by atomic mass is 32.1. The largest absolute Gasteiger partial charge is 0.507 e. The summed E-state index contributed by atoms with van der Waals surface area (Å²) in [6, 6.07) is 10.8. The molecule has 15 nitrogen and oxygen atoms in total. The van der Waals surface area contributed by atoms with Gasteiger partial charge >= 0.3 is 5.97 Å². The number of ether oxygens (including phenoxy) is 1. The van der Waals surface area contributed by atoms with Crippen molar-refractivity contribution in [1.82, 2.24) is 35.6 Å². The molecular weight excluding hydrogens is 766 g/mol. The van der Waals surface area contributed by atoms with Crippen molar-refractivity contribution in [1.29, 1.82) is 0 Å². The van der Waals surface area contributed by atoms with Gasteiger partial charge in [0.25, 0.3) is 0 Å². The molecule has 0 unspecified atom stereocenters. The number of phenols is 1. The fourth-order valence-electron chi connectivity index (χ4n) is 7.37. The Bertz CT molecular complexity index is 2150. The van der Waals surface area contributed by atoms with E-state index < -0.39 is 41.3 Å². The van der Waals surface area contributed by atoms with E-state index in [2.05, 4.69) is 25.8 Å². The molecule has 6 rings (SSSR count). The van der Waals surface area contributed by atoms with Gasteiger partial charge in [0, 0.05) is 45.1 Å². The van der Waals surface area contributed by atoms with Gasteiger partial charge in [0.2, 0.25) is 17.7 Å². The van der Waals surface area contributed by atoms with Crippen molar-refractivity contribution in [2.75, 3.05) is 49.9 Å². The van der Waals surface area contributed by atoms with Gasteiger partial charge in [0.05, 0.1) is 46.6 Å². The number of hydrogen-bond acceptors (Lipinski definition) is 13. The Labute approximate surface area is 340 Å². The first-order chi connectivity index (χ1) is 27.5. The Morgan fingerprint density at radius 2 is 1.74 bits per heavy atom. The summed E-state index contributed by atoms with van der Waals surface area (Å²) in [5.74, 6) is -2.21. The van der Waals surface area contributed by atoms with Crippen LogP contribution in [0.15, 0.2) is 54.0 Å². The maximum atomic E-state index is 14.4. The second-order valence-electron chi connectivity index (χ2n) is 15.9. The predicted molar refractivity (Wildman–Crippen MR) is 218 cm³/mol. The predicted octanol–water partition coefficient (Wildman–Crippen LogP) is 4.07. The molecule has 4 heterocycles. The van der Waals surface area contributed by atoms with Crippen LogP contribution in [0.3, 0.4) is 0 Å². The van der Waals surface area contributed by atoms with Crippen LogP contribution in [0.2, 0.25) is 0 Å². The number of thiazole rings is 1. The van der Waals surface area contributed by atoms with Crippen molar-refractivity contribution in [2.24, 2.45) is 5.41 Å². The number of piperazine rings is 1. The molecule has 308 valence electrons. The number of aromatic hydroxyl groups is 1. The quantitative estimate of drug-likeness (QED) is 0.159. The van der Waals surface area contributed by atoms with E-state index in [1.54, 1.807) is 22.9 Å². The first-order valence-corrected chi connectivity index (χ1v) is 20.0. The third kappa shape index (κ3) is 9.70. The summed E-state index contributed by atoms with van der Waals surface area (Å²) < 4.78 is 19.4. The summed E-state index contributed by atoms with van der Waals surface area (Å²) >= 11 is 1.56. The molecule has 0 saturated carbocycles. The average Bonchev–Trinajstić information content (AvgIpc) is 3.80. The smallest absolute Gasteiger partial charge is 0.302 e. The number of amides is 3. The van der Waals surface area contributed by atoms with Crippen LogP contribution in [0.4, 0.5) is 15.9 Å². The lowest BCUT2D eigenvalue weighted by atomic mass is 9.85. The number of aromatic nitrogens is 3. The Hall–Kier alpha value is -5.68. The van der Waals surface area contributed by atoms with Crippen molar-refractivity contribution in [2.45, 2.75) is 72.2 Å². The molecule has 2 aliphatic rings. The fraction of sp³-hybridized carbons (Fsp3) is 0.439. The molecule has 2 aromatic heterocycles. The minimum Gasteiger partial charge on any atom is -0.507 e. The third-order valence-corrected chi connectivity index (χ3v) is 11.5. The van der Waals surface area contributed by atoms with Crippen LogP contribution in [0.25, 0.3) is 21.7 Å². The second kappa shape index (κ2) is 17.4. The highest BCUT2D eigenvalue weighted by molar-refractivity contribution is 7.13. The number of anilines is 2. The molecule has 0 spiro atoms. The Morgan fingerprint density at radius 3 is 2.38 bits per heavy atom. The first kappa shape index (κ1) is 41.9. The number of nitrogens with two attached hydrogens (primary N) is 1. The van der Waals surface area contributed by atoms with Gasteiger partial charge in [-0.05, 0) is 54.7 Å². The van der Waals surface area contributed by atoms with E-state index in [9.17, 15) is 28.7 Å². The lowest BCUT2D eigenvalue weighted by Crippen LogP contribution is -2.59. The van der Waals surface area contributed by atoms with Crippen molar-refractivity contribution >= 4 is 46.5 Å². The number of carbonyl (C=O) groups is 4. The number of hydrogen-bond donors (Lipinski definition) is 4. The minimum atomic E-state index is -0.992. The molecule has 0 bridgehead atoms. The van der Waals surface area contributed by atoms with Gasteiger partial charge < -0.3 is 36.0 Å². The maximum absolute atomic E-state index is 14.4. The summed E-state index contributed by atoms with van der Waals surface area (Å²) in [4.78, 5) is 64.7. The van der Waals surface area contributed by atoms with Crippen LogP contribution in [0, 0.1) is 18.2 Å². The van der Waals surface area contributed by atoms with Crippen molar-refractivity contribution < 1.29 is 33.4 Å². The number of likely N-dealkylation sites (tertiary alicyclic amines) is 1. The molecule has 58 heavy (non-hydrogen) atoms. The molecule has 2 saturated heterocycles. The highest BCUT2D eigenvalue weighted by Crippen LogP contribution is 2.33. The third-order valence-electron chi connectivity index (χ3n) is 10.5. The molecule has 2 aromatic carbocycles. The van der Waals surface area contributed by atoms with Crippen LogP contribution in [0.5, 0.6) is 5.75 Å². The van der Waals surface area contributed by atoms with Crippen molar-refractivity contribution in [3.8, 4) is 27.4 Å². The molecule has 2 aliphatic heterocycles. The molecule has 5 N–H and O–H groups in total. The van der Waals surface area contributed by atoms with Crippen LogP contribution < -0.4 is 21.3 Å². The monoisotopic (exact) mass is 815 g/mol. The van der Waals surface area contributed by atoms with Crippen LogP contribution in [0.1, 0.15) is 58.3 Å². The number of rotatable bonds is 11. The van der Waals surface area contributed by atoms with E-state index in [1.807, 2.05) is 68.7 Å². The molecule has 0 radical (unpaired) electrons. The zero-order valence-electron chi connectivity index (χ0n) is 33.5. The number of benzene rings is 2. The number of aryl methyl sites for hydroxylation is 1. The number of phenolic OH excluding ortho intramolecular Hbond substituents is 1. The molecular formula is C41H50FN9O6S. The number of halogens is 1. The van der Waals surface area contributed by atoms with Gasteiger partial charge in [-0.1, -0.05) is 45.0 Å². The first-order valence-electron chi connectivity index (χ1n) is 19.2. The van der Waals surface area contributed by atoms with Gasteiger partial charge in [-0.3, -0.25) is 24.1 Å².